The largest absolute Gasteiger partial charge is 0.426 e. The third kappa shape index (κ3) is 4.30. The summed E-state index contributed by atoms with van der Waals surface area (Å²) in [7, 11) is -1.47. The van der Waals surface area contributed by atoms with Crippen molar-refractivity contribution < 1.29 is 18.3 Å². The van der Waals surface area contributed by atoms with E-state index in [2.05, 4.69) is 30.0 Å². The molecule has 1 N–H and O–H groups in total. The molecular weight excluding hydrogens is 411 g/mol. The van der Waals surface area contributed by atoms with E-state index < -0.39 is 8.60 Å². The molecule has 3 unspecified atom stereocenters. The van der Waals surface area contributed by atoms with Gasteiger partial charge in [0.05, 0.1) is 19.3 Å². The van der Waals surface area contributed by atoms with Crippen LogP contribution in [0, 0.1) is 31.0 Å². The zero-order valence-corrected chi connectivity index (χ0v) is 17.8. The normalized spacial score (nSPS) is 23.3. The number of H-pyrrole nitrogens is 1. The molecule has 2 aromatic rings. The highest BCUT2D eigenvalue weighted by atomic mass is 32.1. The fraction of sp³-hybridized carbons (Fsp3) is 0.400. The number of terminal acetylenes is 1. The van der Waals surface area contributed by atoms with Crippen LogP contribution in [0.4, 0.5) is 0 Å². The Labute approximate surface area is 175 Å². The van der Waals surface area contributed by atoms with E-state index in [1.54, 1.807) is 10.8 Å². The minimum atomic E-state index is -1.47. The fourth-order valence-corrected chi connectivity index (χ4v) is 4.91. The molecule has 4 rings (SSSR count). The molecule has 2 aliphatic heterocycles. The molecule has 29 heavy (non-hydrogen) atoms. The highest BCUT2D eigenvalue weighted by molar-refractivity contribution is 7.71. The number of hydrogen-bond donors (Lipinski definition) is 1. The standard InChI is InChI=1S/C20H21N2O5PS/c1-4-14-9-22(20(29)21-19(14)23)17-6-5-16(26-17)11-25-28-24-10-15-8-12(2)7-13(3)18(15)27-28/h1,7-9,16-17H,5-6,10-11H2,2-3H3,(H,21,23,29). The fourth-order valence-electron chi connectivity index (χ4n) is 3.53. The molecule has 0 spiro atoms. The first kappa shape index (κ1) is 20.3. The second-order valence-electron chi connectivity index (χ2n) is 7.10. The summed E-state index contributed by atoms with van der Waals surface area (Å²) in [6.07, 6.45) is 8.03. The Morgan fingerprint density at radius 2 is 2.24 bits per heavy atom. The second-order valence-corrected chi connectivity index (χ2v) is 8.63. The first-order chi connectivity index (χ1) is 13.9. The lowest BCUT2D eigenvalue weighted by molar-refractivity contribution is -0.0220. The van der Waals surface area contributed by atoms with Crippen LogP contribution in [0.15, 0.2) is 23.1 Å². The summed E-state index contributed by atoms with van der Waals surface area (Å²) in [5.74, 6) is 3.21. The number of fused-ring (bicyclic) bond motifs is 1. The van der Waals surface area contributed by atoms with Gasteiger partial charge in [-0.05, 0) is 44.5 Å². The van der Waals surface area contributed by atoms with Crippen LogP contribution in [0.2, 0.25) is 0 Å². The summed E-state index contributed by atoms with van der Waals surface area (Å²) < 4.78 is 25.5. The molecule has 0 amide bonds. The van der Waals surface area contributed by atoms with Gasteiger partial charge < -0.3 is 9.26 Å². The molecule has 3 heterocycles. The maximum absolute atomic E-state index is 11.7. The summed E-state index contributed by atoms with van der Waals surface area (Å²) in [4.78, 5) is 14.3. The zero-order valence-electron chi connectivity index (χ0n) is 16.1. The Hall–Kier alpha value is -2.01. The zero-order chi connectivity index (χ0) is 20.5. The van der Waals surface area contributed by atoms with E-state index in [1.807, 2.05) is 6.92 Å². The van der Waals surface area contributed by atoms with Crippen LogP contribution < -0.4 is 10.1 Å². The van der Waals surface area contributed by atoms with Gasteiger partial charge in [0, 0.05) is 11.8 Å². The van der Waals surface area contributed by atoms with Crippen LogP contribution >= 0.6 is 20.8 Å². The van der Waals surface area contributed by atoms with Gasteiger partial charge in [-0.1, -0.05) is 23.6 Å². The van der Waals surface area contributed by atoms with Crippen LogP contribution in [0.3, 0.4) is 0 Å². The van der Waals surface area contributed by atoms with Crippen LogP contribution in [-0.2, 0) is 20.4 Å². The quantitative estimate of drug-likeness (QED) is 0.447. The predicted octanol–water partition coefficient (Wildman–Crippen LogP) is 4.03. The van der Waals surface area contributed by atoms with Crippen molar-refractivity contribution in [3.63, 3.8) is 0 Å². The van der Waals surface area contributed by atoms with E-state index in [4.69, 9.17) is 36.9 Å². The van der Waals surface area contributed by atoms with Crippen LogP contribution in [-0.4, -0.2) is 22.3 Å². The molecule has 1 aromatic heterocycles. The van der Waals surface area contributed by atoms with E-state index in [0.717, 1.165) is 29.7 Å². The summed E-state index contributed by atoms with van der Waals surface area (Å²) in [6.45, 7) is 4.89. The highest BCUT2D eigenvalue weighted by Gasteiger charge is 2.31. The Bertz CT molecular complexity index is 1090. The maximum Gasteiger partial charge on any atom is 0.397 e. The Morgan fingerprint density at radius 1 is 1.41 bits per heavy atom. The highest BCUT2D eigenvalue weighted by Crippen LogP contribution is 2.49. The lowest BCUT2D eigenvalue weighted by atomic mass is 10.1. The van der Waals surface area contributed by atoms with Crippen LogP contribution in [0.5, 0.6) is 5.75 Å². The minimum Gasteiger partial charge on any atom is -0.426 e. The van der Waals surface area contributed by atoms with Crippen molar-refractivity contribution in [1.82, 2.24) is 9.55 Å². The average molecular weight is 432 g/mol. The molecule has 7 nitrogen and oxygen atoms in total. The topological polar surface area (TPSA) is 74.7 Å². The van der Waals surface area contributed by atoms with E-state index in [-0.39, 0.29) is 28.2 Å². The van der Waals surface area contributed by atoms with Gasteiger partial charge in [-0.2, -0.15) is 0 Å². The first-order valence-corrected chi connectivity index (χ1v) is 10.8. The molecule has 0 bridgehead atoms. The average Bonchev–Trinajstić information content (AvgIpc) is 3.15. The van der Waals surface area contributed by atoms with Gasteiger partial charge in [0.2, 0.25) is 0 Å². The van der Waals surface area contributed by atoms with Crippen molar-refractivity contribution in [3.8, 4) is 18.1 Å². The lowest BCUT2D eigenvalue weighted by Crippen LogP contribution is -2.21. The van der Waals surface area contributed by atoms with Crippen molar-refractivity contribution in [1.29, 1.82) is 0 Å². The Morgan fingerprint density at radius 3 is 3.03 bits per heavy atom. The van der Waals surface area contributed by atoms with Gasteiger partial charge in [-0.15, -0.1) is 6.42 Å². The number of aromatic amines is 1. The van der Waals surface area contributed by atoms with Gasteiger partial charge in [0.25, 0.3) is 5.56 Å². The van der Waals surface area contributed by atoms with E-state index in [1.165, 1.54) is 5.56 Å². The number of hydrogen-bond acceptors (Lipinski definition) is 6. The molecular formula is C20H21N2O5PS. The predicted molar refractivity (Wildman–Crippen MR) is 111 cm³/mol. The third-order valence-corrected chi connectivity index (χ3v) is 6.22. The van der Waals surface area contributed by atoms with Crippen molar-refractivity contribution >= 4 is 20.8 Å². The van der Waals surface area contributed by atoms with E-state index in [9.17, 15) is 4.79 Å². The SMILES string of the molecule is C#Cc1cn(C2CCC(COP3OCc4cc(C)cc(C)c4O3)O2)c(=S)[nH]c1=O. The van der Waals surface area contributed by atoms with Gasteiger partial charge in [-0.3, -0.25) is 23.4 Å². The molecule has 0 aliphatic carbocycles. The van der Waals surface area contributed by atoms with Crippen LogP contribution in [0.25, 0.3) is 0 Å². The monoisotopic (exact) mass is 432 g/mol. The number of rotatable bonds is 4. The summed E-state index contributed by atoms with van der Waals surface area (Å²) in [5, 5.41) is 0. The minimum absolute atomic E-state index is 0.127. The maximum atomic E-state index is 11.7. The number of aryl methyl sites for hydroxylation is 2. The van der Waals surface area contributed by atoms with E-state index in [0.29, 0.717) is 13.2 Å². The van der Waals surface area contributed by atoms with Crippen molar-refractivity contribution in [2.24, 2.45) is 0 Å². The van der Waals surface area contributed by atoms with Crippen molar-refractivity contribution in [2.45, 2.75) is 45.6 Å². The van der Waals surface area contributed by atoms with Gasteiger partial charge >= 0.3 is 8.60 Å². The van der Waals surface area contributed by atoms with Gasteiger partial charge in [0.15, 0.2) is 4.77 Å². The summed E-state index contributed by atoms with van der Waals surface area (Å²) in [6, 6.07) is 4.15. The smallest absolute Gasteiger partial charge is 0.397 e. The van der Waals surface area contributed by atoms with Gasteiger partial charge in [-0.25, -0.2) is 0 Å². The Balaban J connectivity index is 1.36. The van der Waals surface area contributed by atoms with Gasteiger partial charge in [0.1, 0.15) is 17.5 Å². The number of benzene rings is 1. The number of aromatic nitrogens is 2. The molecule has 2 aliphatic rings. The third-order valence-electron chi connectivity index (χ3n) is 4.87. The van der Waals surface area contributed by atoms with Crippen molar-refractivity contribution in [2.75, 3.05) is 6.61 Å². The summed E-state index contributed by atoms with van der Waals surface area (Å²) in [5.41, 5.74) is 3.15. The number of ether oxygens (including phenoxy) is 1. The van der Waals surface area contributed by atoms with Crippen LogP contribution in [0.1, 0.15) is 41.3 Å². The molecule has 0 saturated carbocycles. The molecule has 1 fully saturated rings. The molecule has 0 radical (unpaired) electrons. The second kappa shape index (κ2) is 8.39. The Kier molecular flexibility index (Phi) is 5.86. The van der Waals surface area contributed by atoms with Crippen molar-refractivity contribution in [3.05, 3.63) is 55.7 Å². The molecule has 3 atom stereocenters. The molecule has 152 valence electrons. The molecule has 1 saturated heterocycles. The number of nitrogens with one attached hydrogen (secondary N) is 1. The van der Waals surface area contributed by atoms with E-state index >= 15 is 0 Å². The molecule has 9 heteroatoms. The number of nitrogens with zero attached hydrogens (tertiary/aromatic N) is 1. The summed E-state index contributed by atoms with van der Waals surface area (Å²) >= 11 is 5.24. The molecule has 1 aromatic carbocycles. The first-order valence-electron chi connectivity index (χ1n) is 9.26. The lowest BCUT2D eigenvalue weighted by Gasteiger charge is -2.26.